The van der Waals surface area contributed by atoms with Gasteiger partial charge in [-0.15, -0.1) is 22.7 Å². The lowest BCUT2D eigenvalue weighted by Crippen LogP contribution is -2.18. The maximum absolute atomic E-state index is 11.1. The van der Waals surface area contributed by atoms with E-state index in [9.17, 15) is 10.1 Å². The maximum atomic E-state index is 11.1. The molecule has 0 spiro atoms. The fourth-order valence-electron chi connectivity index (χ4n) is 2.38. The van der Waals surface area contributed by atoms with Crippen molar-refractivity contribution in [1.82, 2.24) is 5.32 Å². The van der Waals surface area contributed by atoms with E-state index in [0.717, 1.165) is 5.56 Å². The molecule has 2 heterocycles. The summed E-state index contributed by atoms with van der Waals surface area (Å²) in [4.78, 5) is 12.0. The molecule has 0 aliphatic heterocycles. The van der Waals surface area contributed by atoms with Crippen LogP contribution in [0.25, 0.3) is 9.40 Å². The number of nitro groups is 1. The van der Waals surface area contributed by atoms with Gasteiger partial charge < -0.3 is 5.32 Å². The Morgan fingerprint density at radius 3 is 2.81 bits per heavy atom. The molecule has 0 radical (unpaired) electrons. The van der Waals surface area contributed by atoms with Crippen LogP contribution in [0, 0.1) is 10.1 Å². The lowest BCUT2D eigenvalue weighted by Gasteiger charge is -2.14. The molecule has 1 aromatic carbocycles. The summed E-state index contributed by atoms with van der Waals surface area (Å²) < 4.78 is 2.55. The van der Waals surface area contributed by atoms with Crippen molar-refractivity contribution in [1.29, 1.82) is 0 Å². The van der Waals surface area contributed by atoms with Crippen molar-refractivity contribution in [3.05, 3.63) is 62.3 Å². The van der Waals surface area contributed by atoms with Gasteiger partial charge in [0, 0.05) is 31.9 Å². The minimum atomic E-state index is -0.310. The van der Waals surface area contributed by atoms with Crippen LogP contribution in [0.15, 0.2) is 41.8 Å². The number of nitro benzene ring substituents is 1. The van der Waals surface area contributed by atoms with E-state index in [2.05, 4.69) is 22.8 Å². The fraction of sp³-hybridized carbons (Fsp3) is 0.200. The van der Waals surface area contributed by atoms with Gasteiger partial charge in [0.1, 0.15) is 0 Å². The SMILES string of the molecule is CNC(Cc1ccccc1[N+](=O)[O-])c1cc2sccc2s1. The zero-order valence-corrected chi connectivity index (χ0v) is 13.0. The Balaban J connectivity index is 1.91. The Morgan fingerprint density at radius 1 is 1.29 bits per heavy atom. The number of nitrogens with one attached hydrogen (secondary N) is 1. The molecule has 0 saturated carbocycles. The van der Waals surface area contributed by atoms with Crippen LogP contribution in [0.2, 0.25) is 0 Å². The van der Waals surface area contributed by atoms with Crippen molar-refractivity contribution < 1.29 is 4.92 Å². The standard InChI is InChI=1S/C15H14N2O2S2/c1-16-11(14-9-15-13(21-14)6-7-20-15)8-10-4-2-3-5-12(10)17(18)19/h2-7,9,11,16H,8H2,1H3. The molecular formula is C15H14N2O2S2. The summed E-state index contributed by atoms with van der Waals surface area (Å²) in [5.74, 6) is 0. The van der Waals surface area contributed by atoms with Crippen molar-refractivity contribution in [3.8, 4) is 0 Å². The van der Waals surface area contributed by atoms with E-state index in [1.807, 2.05) is 19.2 Å². The van der Waals surface area contributed by atoms with Crippen molar-refractivity contribution in [3.63, 3.8) is 0 Å². The Labute approximate surface area is 130 Å². The zero-order valence-electron chi connectivity index (χ0n) is 11.4. The third kappa shape index (κ3) is 2.83. The van der Waals surface area contributed by atoms with Crippen LogP contribution in [-0.4, -0.2) is 12.0 Å². The number of nitrogens with zero attached hydrogens (tertiary/aromatic N) is 1. The van der Waals surface area contributed by atoms with Crippen molar-refractivity contribution in [2.45, 2.75) is 12.5 Å². The average molecular weight is 318 g/mol. The quantitative estimate of drug-likeness (QED) is 0.561. The van der Waals surface area contributed by atoms with Gasteiger partial charge in [-0.3, -0.25) is 10.1 Å². The van der Waals surface area contributed by atoms with E-state index in [1.54, 1.807) is 34.8 Å². The molecule has 0 aliphatic rings. The number of hydrogen-bond acceptors (Lipinski definition) is 5. The van der Waals surface area contributed by atoms with E-state index in [0.29, 0.717) is 6.42 Å². The number of fused-ring (bicyclic) bond motifs is 1. The highest BCUT2D eigenvalue weighted by Crippen LogP contribution is 2.35. The second-order valence-electron chi connectivity index (χ2n) is 4.73. The highest BCUT2D eigenvalue weighted by atomic mass is 32.1. The third-order valence-electron chi connectivity index (χ3n) is 3.46. The molecule has 2 aromatic heterocycles. The molecule has 1 unspecified atom stereocenters. The molecule has 1 atom stereocenters. The van der Waals surface area contributed by atoms with E-state index in [1.165, 1.54) is 14.3 Å². The van der Waals surface area contributed by atoms with Crippen molar-refractivity contribution in [2.24, 2.45) is 0 Å². The number of likely N-dealkylation sites (N-methyl/N-ethyl adjacent to an activating group) is 1. The van der Waals surface area contributed by atoms with Gasteiger partial charge in [-0.2, -0.15) is 0 Å². The number of hydrogen-bond donors (Lipinski definition) is 1. The lowest BCUT2D eigenvalue weighted by molar-refractivity contribution is -0.385. The molecule has 4 nitrogen and oxygen atoms in total. The summed E-state index contributed by atoms with van der Waals surface area (Å²) in [6, 6.07) is 11.3. The topological polar surface area (TPSA) is 55.2 Å². The number of thiophene rings is 2. The largest absolute Gasteiger partial charge is 0.312 e. The van der Waals surface area contributed by atoms with E-state index in [-0.39, 0.29) is 16.7 Å². The molecule has 1 N–H and O–H groups in total. The predicted octanol–water partition coefficient (Wildman–Crippen LogP) is 4.37. The van der Waals surface area contributed by atoms with Gasteiger partial charge in [-0.1, -0.05) is 18.2 Å². The zero-order chi connectivity index (χ0) is 14.8. The van der Waals surface area contributed by atoms with Gasteiger partial charge in [0.25, 0.3) is 5.69 Å². The Hall–Kier alpha value is -1.76. The molecule has 6 heteroatoms. The highest BCUT2D eigenvalue weighted by Gasteiger charge is 2.19. The summed E-state index contributed by atoms with van der Waals surface area (Å²) in [6.45, 7) is 0. The molecule has 3 rings (SSSR count). The Kier molecular flexibility index (Phi) is 4.01. The van der Waals surface area contributed by atoms with Gasteiger partial charge in [-0.05, 0) is 31.0 Å². The molecule has 21 heavy (non-hydrogen) atoms. The summed E-state index contributed by atoms with van der Waals surface area (Å²) in [5.41, 5.74) is 0.953. The van der Waals surface area contributed by atoms with Crippen LogP contribution < -0.4 is 5.32 Å². The average Bonchev–Trinajstić information content (AvgIpc) is 3.06. The smallest absolute Gasteiger partial charge is 0.272 e. The van der Waals surface area contributed by atoms with Crippen LogP contribution in [0.3, 0.4) is 0 Å². The summed E-state index contributed by atoms with van der Waals surface area (Å²) >= 11 is 3.47. The monoisotopic (exact) mass is 318 g/mol. The molecule has 3 aromatic rings. The lowest BCUT2D eigenvalue weighted by atomic mass is 10.0. The minimum absolute atomic E-state index is 0.0932. The van der Waals surface area contributed by atoms with E-state index < -0.39 is 0 Å². The Morgan fingerprint density at radius 2 is 2.10 bits per heavy atom. The summed E-state index contributed by atoms with van der Waals surface area (Å²) in [6.07, 6.45) is 0.613. The summed E-state index contributed by atoms with van der Waals surface area (Å²) in [7, 11) is 1.90. The first-order valence-corrected chi connectivity index (χ1v) is 8.25. The van der Waals surface area contributed by atoms with Crippen LogP contribution in [0.1, 0.15) is 16.5 Å². The van der Waals surface area contributed by atoms with Gasteiger partial charge in [0.2, 0.25) is 0 Å². The highest BCUT2D eigenvalue weighted by molar-refractivity contribution is 7.26. The Bertz CT molecular complexity index is 750. The van der Waals surface area contributed by atoms with Gasteiger partial charge in [0.15, 0.2) is 0 Å². The first-order chi connectivity index (χ1) is 10.2. The first-order valence-electron chi connectivity index (χ1n) is 6.55. The van der Waals surface area contributed by atoms with E-state index in [4.69, 9.17) is 0 Å². The maximum Gasteiger partial charge on any atom is 0.272 e. The second kappa shape index (κ2) is 5.93. The molecule has 0 saturated heterocycles. The van der Waals surface area contributed by atoms with Crippen LogP contribution >= 0.6 is 22.7 Å². The normalized spacial score (nSPS) is 12.6. The number of para-hydroxylation sites is 1. The van der Waals surface area contributed by atoms with E-state index >= 15 is 0 Å². The fourth-order valence-corrected chi connectivity index (χ4v) is 4.61. The molecule has 108 valence electrons. The predicted molar refractivity (Wildman–Crippen MR) is 88.3 cm³/mol. The van der Waals surface area contributed by atoms with Gasteiger partial charge >= 0.3 is 0 Å². The van der Waals surface area contributed by atoms with Crippen LogP contribution in [0.4, 0.5) is 5.69 Å². The van der Waals surface area contributed by atoms with Crippen molar-refractivity contribution >= 4 is 37.8 Å². The van der Waals surface area contributed by atoms with Crippen molar-refractivity contribution in [2.75, 3.05) is 7.05 Å². The number of benzene rings is 1. The molecule has 0 fully saturated rings. The van der Waals surface area contributed by atoms with Gasteiger partial charge in [-0.25, -0.2) is 0 Å². The number of rotatable bonds is 5. The second-order valence-corrected chi connectivity index (χ2v) is 6.79. The first kappa shape index (κ1) is 14.2. The minimum Gasteiger partial charge on any atom is -0.312 e. The van der Waals surface area contributed by atoms with Crippen LogP contribution in [-0.2, 0) is 6.42 Å². The molecule has 0 bridgehead atoms. The summed E-state index contributed by atoms with van der Waals surface area (Å²) in [5, 5.41) is 16.5. The molecule has 0 aliphatic carbocycles. The molecular weight excluding hydrogens is 304 g/mol. The molecule has 0 amide bonds. The van der Waals surface area contributed by atoms with Gasteiger partial charge in [0.05, 0.1) is 4.92 Å². The van der Waals surface area contributed by atoms with Crippen LogP contribution in [0.5, 0.6) is 0 Å². The third-order valence-corrected chi connectivity index (χ3v) is 5.67.